The molecule has 18 heavy (non-hydrogen) atoms. The number of rotatable bonds is 3. The van der Waals surface area contributed by atoms with Crippen LogP contribution in [-0.4, -0.2) is 5.91 Å². The Bertz CT molecular complexity index is 557. The molecule has 0 radical (unpaired) electrons. The van der Waals surface area contributed by atoms with Crippen LogP contribution in [0.25, 0.3) is 0 Å². The standard InChI is InChI=1S/C14H14BrNOS/c1-9-5-11(7-12(15)6-9)14(17)16-8-13-10(2)3-4-18-13/h3-7H,8H2,1-2H3,(H,16,17). The number of carbonyl (C=O) groups excluding carboxylic acids is 1. The molecule has 0 atom stereocenters. The minimum absolute atomic E-state index is 0.0350. The molecule has 2 aromatic rings. The third-order valence-electron chi connectivity index (χ3n) is 2.68. The topological polar surface area (TPSA) is 29.1 Å². The highest BCUT2D eigenvalue weighted by atomic mass is 79.9. The van der Waals surface area contributed by atoms with Crippen LogP contribution < -0.4 is 5.32 Å². The number of aryl methyl sites for hydroxylation is 2. The maximum Gasteiger partial charge on any atom is 0.251 e. The summed E-state index contributed by atoms with van der Waals surface area (Å²) in [6, 6.07) is 7.78. The van der Waals surface area contributed by atoms with E-state index in [-0.39, 0.29) is 5.91 Å². The predicted molar refractivity (Wildman–Crippen MR) is 79.1 cm³/mol. The highest BCUT2D eigenvalue weighted by molar-refractivity contribution is 9.10. The van der Waals surface area contributed by atoms with Crippen molar-refractivity contribution in [3.8, 4) is 0 Å². The van der Waals surface area contributed by atoms with Gasteiger partial charge in [0.1, 0.15) is 0 Å². The molecule has 0 spiro atoms. The first-order valence-electron chi connectivity index (χ1n) is 5.64. The molecular weight excluding hydrogens is 310 g/mol. The second-order valence-corrected chi connectivity index (χ2v) is 6.14. The van der Waals surface area contributed by atoms with Crippen LogP contribution >= 0.6 is 27.3 Å². The monoisotopic (exact) mass is 323 g/mol. The molecule has 0 unspecified atom stereocenters. The van der Waals surface area contributed by atoms with E-state index in [1.165, 1.54) is 10.4 Å². The molecule has 1 N–H and O–H groups in total. The lowest BCUT2D eigenvalue weighted by molar-refractivity contribution is 0.0951. The van der Waals surface area contributed by atoms with Crippen LogP contribution in [0.1, 0.15) is 26.4 Å². The van der Waals surface area contributed by atoms with Gasteiger partial charge in [-0.25, -0.2) is 0 Å². The van der Waals surface area contributed by atoms with Gasteiger partial charge in [0.05, 0.1) is 6.54 Å². The molecule has 0 aliphatic carbocycles. The van der Waals surface area contributed by atoms with Crippen LogP contribution in [0.3, 0.4) is 0 Å². The van der Waals surface area contributed by atoms with Crippen LogP contribution in [0, 0.1) is 13.8 Å². The third-order valence-corrected chi connectivity index (χ3v) is 4.16. The van der Waals surface area contributed by atoms with E-state index in [4.69, 9.17) is 0 Å². The predicted octanol–water partition coefficient (Wildman–Crippen LogP) is 4.06. The van der Waals surface area contributed by atoms with Gasteiger partial charge in [-0.05, 0) is 54.6 Å². The molecule has 1 aromatic heterocycles. The smallest absolute Gasteiger partial charge is 0.251 e. The van der Waals surface area contributed by atoms with Crippen molar-refractivity contribution < 1.29 is 4.79 Å². The first-order chi connectivity index (χ1) is 8.56. The number of hydrogen-bond donors (Lipinski definition) is 1. The molecule has 1 aromatic carbocycles. The van der Waals surface area contributed by atoms with Gasteiger partial charge in [-0.15, -0.1) is 11.3 Å². The minimum Gasteiger partial charge on any atom is -0.347 e. The zero-order valence-corrected chi connectivity index (χ0v) is 12.7. The largest absolute Gasteiger partial charge is 0.347 e. The van der Waals surface area contributed by atoms with Gasteiger partial charge in [0.15, 0.2) is 0 Å². The Morgan fingerprint density at radius 2 is 2.11 bits per heavy atom. The van der Waals surface area contributed by atoms with Crippen LogP contribution in [-0.2, 0) is 6.54 Å². The molecule has 0 aliphatic heterocycles. The van der Waals surface area contributed by atoms with Gasteiger partial charge >= 0.3 is 0 Å². The van der Waals surface area contributed by atoms with Crippen molar-refractivity contribution >= 4 is 33.2 Å². The number of carbonyl (C=O) groups is 1. The first kappa shape index (κ1) is 13.3. The van der Waals surface area contributed by atoms with Crippen molar-refractivity contribution in [3.63, 3.8) is 0 Å². The van der Waals surface area contributed by atoms with E-state index in [1.807, 2.05) is 30.5 Å². The average Bonchev–Trinajstić information content (AvgIpc) is 2.70. The minimum atomic E-state index is -0.0350. The average molecular weight is 324 g/mol. The van der Waals surface area contributed by atoms with Gasteiger partial charge in [-0.2, -0.15) is 0 Å². The fraction of sp³-hybridized carbons (Fsp3) is 0.214. The molecule has 0 saturated carbocycles. The summed E-state index contributed by atoms with van der Waals surface area (Å²) in [5.74, 6) is -0.0350. The Balaban J connectivity index is 2.06. The molecule has 0 saturated heterocycles. The lowest BCUT2D eigenvalue weighted by Gasteiger charge is -2.06. The van der Waals surface area contributed by atoms with E-state index in [9.17, 15) is 4.79 Å². The normalized spacial score (nSPS) is 10.4. The lowest BCUT2D eigenvalue weighted by atomic mass is 10.1. The number of hydrogen-bond acceptors (Lipinski definition) is 2. The Morgan fingerprint density at radius 3 is 2.72 bits per heavy atom. The quantitative estimate of drug-likeness (QED) is 0.906. The molecule has 0 fully saturated rings. The molecule has 94 valence electrons. The summed E-state index contributed by atoms with van der Waals surface area (Å²) in [7, 11) is 0. The van der Waals surface area contributed by atoms with Crippen molar-refractivity contribution in [2.24, 2.45) is 0 Å². The van der Waals surface area contributed by atoms with E-state index < -0.39 is 0 Å². The summed E-state index contributed by atoms with van der Waals surface area (Å²) in [6.07, 6.45) is 0. The maximum atomic E-state index is 12.0. The van der Waals surface area contributed by atoms with Crippen LogP contribution in [0.5, 0.6) is 0 Å². The second kappa shape index (κ2) is 5.67. The molecule has 1 amide bonds. The van der Waals surface area contributed by atoms with Gasteiger partial charge in [-0.3, -0.25) is 4.79 Å². The van der Waals surface area contributed by atoms with Gasteiger partial charge in [-0.1, -0.05) is 15.9 Å². The Kier molecular flexibility index (Phi) is 4.19. The highest BCUT2D eigenvalue weighted by Gasteiger charge is 2.08. The van der Waals surface area contributed by atoms with E-state index >= 15 is 0 Å². The van der Waals surface area contributed by atoms with Gasteiger partial charge in [0.25, 0.3) is 5.91 Å². The molecule has 2 rings (SSSR count). The molecule has 0 aliphatic rings. The van der Waals surface area contributed by atoms with Crippen LogP contribution in [0.4, 0.5) is 0 Å². The Morgan fingerprint density at radius 1 is 1.33 bits per heavy atom. The lowest BCUT2D eigenvalue weighted by Crippen LogP contribution is -2.22. The molecule has 4 heteroatoms. The van der Waals surface area contributed by atoms with E-state index in [0.29, 0.717) is 12.1 Å². The fourth-order valence-electron chi connectivity index (χ4n) is 1.72. The van der Waals surface area contributed by atoms with Crippen LogP contribution in [0.15, 0.2) is 34.1 Å². The Hall–Kier alpha value is -1.13. The highest BCUT2D eigenvalue weighted by Crippen LogP contribution is 2.17. The number of nitrogens with one attached hydrogen (secondary N) is 1. The zero-order valence-electron chi connectivity index (χ0n) is 10.3. The van der Waals surface area contributed by atoms with E-state index in [0.717, 1.165) is 10.0 Å². The van der Waals surface area contributed by atoms with Gasteiger partial charge in [0.2, 0.25) is 0 Å². The van der Waals surface area contributed by atoms with Crippen molar-refractivity contribution in [2.45, 2.75) is 20.4 Å². The molecular formula is C14H14BrNOS. The Labute approximate surface area is 119 Å². The summed E-state index contributed by atoms with van der Waals surface area (Å²) >= 11 is 5.07. The number of thiophene rings is 1. The molecule has 0 bridgehead atoms. The SMILES string of the molecule is Cc1cc(Br)cc(C(=O)NCc2sccc2C)c1. The zero-order chi connectivity index (χ0) is 13.1. The van der Waals surface area contributed by atoms with Crippen molar-refractivity contribution in [3.05, 3.63) is 55.7 Å². The van der Waals surface area contributed by atoms with Crippen LogP contribution in [0.2, 0.25) is 0 Å². The van der Waals surface area contributed by atoms with Crippen molar-refractivity contribution in [1.29, 1.82) is 0 Å². The summed E-state index contributed by atoms with van der Waals surface area (Å²) in [6.45, 7) is 4.63. The van der Waals surface area contributed by atoms with E-state index in [1.54, 1.807) is 11.3 Å². The second-order valence-electron chi connectivity index (χ2n) is 4.23. The van der Waals surface area contributed by atoms with Gasteiger partial charge in [0, 0.05) is 14.9 Å². The first-order valence-corrected chi connectivity index (χ1v) is 7.32. The van der Waals surface area contributed by atoms with E-state index in [2.05, 4.69) is 34.2 Å². The summed E-state index contributed by atoms with van der Waals surface area (Å²) in [5.41, 5.74) is 2.99. The van der Waals surface area contributed by atoms with Gasteiger partial charge < -0.3 is 5.32 Å². The third kappa shape index (κ3) is 3.21. The molecule has 1 heterocycles. The summed E-state index contributed by atoms with van der Waals surface area (Å²) < 4.78 is 0.931. The van der Waals surface area contributed by atoms with Crippen molar-refractivity contribution in [1.82, 2.24) is 5.32 Å². The summed E-state index contributed by atoms with van der Waals surface area (Å²) in [5, 5.41) is 4.99. The maximum absolute atomic E-state index is 12.0. The summed E-state index contributed by atoms with van der Waals surface area (Å²) in [4.78, 5) is 13.2. The number of benzene rings is 1. The number of halogens is 1. The number of amides is 1. The fourth-order valence-corrected chi connectivity index (χ4v) is 3.17. The van der Waals surface area contributed by atoms with Crippen molar-refractivity contribution in [2.75, 3.05) is 0 Å². The molecule has 2 nitrogen and oxygen atoms in total.